The number of nitrogens with two attached hydrogens (primary N) is 2. The quantitative estimate of drug-likeness (QED) is 0.134. The number of amides is 3. The van der Waals surface area contributed by atoms with Crippen LogP contribution in [0.2, 0.25) is 0 Å². The minimum absolute atomic E-state index is 0.0599. The van der Waals surface area contributed by atoms with E-state index in [2.05, 4.69) is 28.6 Å². The molecule has 0 rings (SSSR count). The average Bonchev–Trinajstić information content (AvgIpc) is 2.63. The fourth-order valence-electron chi connectivity index (χ4n) is 2.45. The molecule has 0 spiro atoms. The number of carboxylic acids is 1. The lowest BCUT2D eigenvalue weighted by molar-refractivity contribution is -0.141. The van der Waals surface area contributed by atoms with Gasteiger partial charge in [0.2, 0.25) is 17.7 Å². The maximum absolute atomic E-state index is 12.7. The summed E-state index contributed by atoms with van der Waals surface area (Å²) in [7, 11) is 0. The first kappa shape index (κ1) is 26.1. The molecule has 0 aliphatic rings. The molecule has 3 unspecified atom stereocenters. The van der Waals surface area contributed by atoms with Crippen molar-refractivity contribution in [3.63, 3.8) is 0 Å². The van der Waals surface area contributed by atoms with E-state index in [1.165, 1.54) is 0 Å². The Morgan fingerprint density at radius 1 is 0.929 bits per heavy atom. The SMILES string of the molecule is CC(C)CC(NC(=O)C(CCCCN)NC(=O)CN)C(=O)NC(CS)C(=O)O. The van der Waals surface area contributed by atoms with Crippen LogP contribution in [0.25, 0.3) is 0 Å². The van der Waals surface area contributed by atoms with Crippen molar-refractivity contribution in [2.24, 2.45) is 17.4 Å². The molecule has 0 saturated heterocycles. The van der Waals surface area contributed by atoms with Crippen molar-refractivity contribution >= 4 is 36.3 Å². The fourth-order valence-corrected chi connectivity index (χ4v) is 2.70. The van der Waals surface area contributed by atoms with Gasteiger partial charge in [0.15, 0.2) is 0 Å². The van der Waals surface area contributed by atoms with Crippen molar-refractivity contribution in [3.8, 4) is 0 Å². The summed E-state index contributed by atoms with van der Waals surface area (Å²) in [6.07, 6.45) is 1.94. The van der Waals surface area contributed by atoms with Crippen LogP contribution >= 0.6 is 12.6 Å². The van der Waals surface area contributed by atoms with Crippen LogP contribution in [0.4, 0.5) is 0 Å². The van der Waals surface area contributed by atoms with E-state index in [-0.39, 0.29) is 18.2 Å². The molecule has 0 aromatic carbocycles. The molecular formula is C17H33N5O5S. The van der Waals surface area contributed by atoms with Gasteiger partial charge in [0.25, 0.3) is 0 Å². The van der Waals surface area contributed by atoms with Crippen LogP contribution in [0.1, 0.15) is 39.5 Å². The number of thiol groups is 1. The standard InChI is InChI=1S/C17H33N5O5S/c1-10(2)7-12(16(25)22-13(9-28)17(26)27)21-15(24)11(5-3-4-6-18)20-14(23)8-19/h10-13,28H,3-9,18-19H2,1-2H3,(H,20,23)(H,21,24)(H,22,25)(H,26,27). The normalized spacial score (nSPS) is 14.1. The van der Waals surface area contributed by atoms with Crippen LogP contribution in [0.15, 0.2) is 0 Å². The highest BCUT2D eigenvalue weighted by atomic mass is 32.1. The molecule has 0 radical (unpaired) electrons. The summed E-state index contributed by atoms with van der Waals surface area (Å²) >= 11 is 3.91. The molecule has 162 valence electrons. The predicted octanol–water partition coefficient (Wildman–Crippen LogP) is -1.41. The number of carbonyl (C=O) groups excluding carboxylic acids is 3. The largest absolute Gasteiger partial charge is 0.480 e. The van der Waals surface area contributed by atoms with Crippen LogP contribution in [0.5, 0.6) is 0 Å². The van der Waals surface area contributed by atoms with E-state index >= 15 is 0 Å². The van der Waals surface area contributed by atoms with Gasteiger partial charge in [-0.15, -0.1) is 0 Å². The lowest BCUT2D eigenvalue weighted by atomic mass is 10.0. The number of carboxylic acid groups (broad SMARTS) is 1. The molecule has 0 aromatic rings. The summed E-state index contributed by atoms with van der Waals surface area (Å²) in [6.45, 7) is 3.93. The molecule has 0 aliphatic carbocycles. The zero-order chi connectivity index (χ0) is 21.7. The minimum Gasteiger partial charge on any atom is -0.480 e. The smallest absolute Gasteiger partial charge is 0.327 e. The molecule has 0 heterocycles. The zero-order valence-electron chi connectivity index (χ0n) is 16.4. The highest BCUT2D eigenvalue weighted by molar-refractivity contribution is 7.80. The Hall–Kier alpha value is -1.85. The van der Waals surface area contributed by atoms with Gasteiger partial charge in [-0.05, 0) is 38.1 Å². The fraction of sp³-hybridized carbons (Fsp3) is 0.765. The van der Waals surface area contributed by atoms with Crippen LogP contribution in [0.3, 0.4) is 0 Å². The molecule has 3 amide bonds. The van der Waals surface area contributed by atoms with E-state index in [0.717, 1.165) is 0 Å². The number of hydrogen-bond acceptors (Lipinski definition) is 7. The first-order chi connectivity index (χ1) is 13.2. The molecule has 0 saturated carbocycles. The molecule has 0 aliphatic heterocycles. The van der Waals surface area contributed by atoms with E-state index in [4.69, 9.17) is 16.6 Å². The third kappa shape index (κ3) is 10.5. The first-order valence-corrected chi connectivity index (χ1v) is 9.93. The summed E-state index contributed by atoms with van der Waals surface area (Å²) < 4.78 is 0. The van der Waals surface area contributed by atoms with Crippen molar-refractivity contribution in [2.45, 2.75) is 57.7 Å². The zero-order valence-corrected chi connectivity index (χ0v) is 17.3. The average molecular weight is 420 g/mol. The van der Waals surface area contributed by atoms with E-state index < -0.39 is 41.8 Å². The second-order valence-electron chi connectivity index (χ2n) is 6.88. The Morgan fingerprint density at radius 3 is 1.96 bits per heavy atom. The van der Waals surface area contributed by atoms with Gasteiger partial charge in [0, 0.05) is 5.75 Å². The van der Waals surface area contributed by atoms with Crippen LogP contribution < -0.4 is 27.4 Å². The molecule has 11 heteroatoms. The Bertz CT molecular complexity index is 532. The van der Waals surface area contributed by atoms with Crippen molar-refractivity contribution in [3.05, 3.63) is 0 Å². The maximum atomic E-state index is 12.7. The highest BCUT2D eigenvalue weighted by Gasteiger charge is 2.29. The Labute approximate surface area is 171 Å². The van der Waals surface area contributed by atoms with Crippen LogP contribution in [0, 0.1) is 5.92 Å². The monoisotopic (exact) mass is 419 g/mol. The molecule has 8 N–H and O–H groups in total. The Balaban J connectivity index is 5.21. The molecule has 3 atom stereocenters. The second-order valence-corrected chi connectivity index (χ2v) is 7.25. The first-order valence-electron chi connectivity index (χ1n) is 9.30. The molecule has 0 aromatic heterocycles. The third-order valence-electron chi connectivity index (χ3n) is 3.92. The van der Waals surface area contributed by atoms with Crippen molar-refractivity contribution in [1.29, 1.82) is 0 Å². The van der Waals surface area contributed by atoms with E-state index in [1.807, 2.05) is 13.8 Å². The van der Waals surface area contributed by atoms with Crippen molar-refractivity contribution in [2.75, 3.05) is 18.8 Å². The number of unbranched alkanes of at least 4 members (excludes halogenated alkanes) is 1. The number of rotatable bonds is 14. The summed E-state index contributed by atoms with van der Waals surface area (Å²) in [5.41, 5.74) is 10.8. The van der Waals surface area contributed by atoms with E-state index in [0.29, 0.717) is 32.2 Å². The summed E-state index contributed by atoms with van der Waals surface area (Å²) in [4.78, 5) is 47.9. The molecule has 0 bridgehead atoms. The Morgan fingerprint density at radius 2 is 1.50 bits per heavy atom. The van der Waals surface area contributed by atoms with Crippen molar-refractivity contribution in [1.82, 2.24) is 16.0 Å². The number of aliphatic carboxylic acids is 1. The Kier molecular flexibility index (Phi) is 13.3. The van der Waals surface area contributed by atoms with Gasteiger partial charge in [0.05, 0.1) is 6.54 Å². The summed E-state index contributed by atoms with van der Waals surface area (Å²) in [5, 5.41) is 16.6. The minimum atomic E-state index is -1.21. The molecular weight excluding hydrogens is 386 g/mol. The van der Waals surface area contributed by atoms with Crippen LogP contribution in [-0.4, -0.2) is 65.8 Å². The van der Waals surface area contributed by atoms with Gasteiger partial charge < -0.3 is 32.5 Å². The molecule has 0 fully saturated rings. The highest BCUT2D eigenvalue weighted by Crippen LogP contribution is 2.08. The molecule has 10 nitrogen and oxygen atoms in total. The van der Waals surface area contributed by atoms with E-state index in [9.17, 15) is 19.2 Å². The second kappa shape index (κ2) is 14.2. The summed E-state index contributed by atoms with van der Waals surface area (Å²) in [6, 6.07) is -2.97. The van der Waals surface area contributed by atoms with Gasteiger partial charge in [0.1, 0.15) is 18.1 Å². The van der Waals surface area contributed by atoms with Crippen LogP contribution in [-0.2, 0) is 19.2 Å². The topological polar surface area (TPSA) is 177 Å². The number of carbonyl (C=O) groups is 4. The van der Waals surface area contributed by atoms with Crippen molar-refractivity contribution < 1.29 is 24.3 Å². The van der Waals surface area contributed by atoms with Gasteiger partial charge in [-0.25, -0.2) is 4.79 Å². The molecule has 28 heavy (non-hydrogen) atoms. The maximum Gasteiger partial charge on any atom is 0.327 e. The number of hydrogen-bond donors (Lipinski definition) is 7. The summed E-state index contributed by atoms with van der Waals surface area (Å²) in [5.74, 6) is -2.87. The lowest BCUT2D eigenvalue weighted by Gasteiger charge is -2.25. The van der Waals surface area contributed by atoms with Gasteiger partial charge in [-0.3, -0.25) is 14.4 Å². The lowest BCUT2D eigenvalue weighted by Crippen LogP contribution is -2.56. The van der Waals surface area contributed by atoms with Gasteiger partial charge in [-0.2, -0.15) is 12.6 Å². The van der Waals surface area contributed by atoms with E-state index in [1.54, 1.807) is 0 Å². The number of nitrogens with one attached hydrogen (secondary N) is 3. The van der Waals surface area contributed by atoms with Gasteiger partial charge >= 0.3 is 5.97 Å². The third-order valence-corrected chi connectivity index (χ3v) is 4.29. The predicted molar refractivity (Wildman–Crippen MR) is 109 cm³/mol. The van der Waals surface area contributed by atoms with Gasteiger partial charge in [-0.1, -0.05) is 13.8 Å².